The highest BCUT2D eigenvalue weighted by Crippen LogP contribution is 2.04. The maximum absolute atomic E-state index is 11.5. The van der Waals surface area contributed by atoms with Crippen molar-refractivity contribution in [3.8, 4) is 0 Å². The van der Waals surface area contributed by atoms with Gasteiger partial charge in [-0.3, -0.25) is 4.79 Å². The van der Waals surface area contributed by atoms with Crippen molar-refractivity contribution in [2.75, 3.05) is 12.8 Å². The Hall–Kier alpha value is -0.680. The van der Waals surface area contributed by atoms with E-state index in [1.54, 1.807) is 20.8 Å². The lowest BCUT2D eigenvalue weighted by molar-refractivity contribution is -0.112. The Morgan fingerprint density at radius 1 is 1.43 bits per heavy atom. The number of hydrogen-bond acceptors (Lipinski definition) is 3. The van der Waals surface area contributed by atoms with Gasteiger partial charge in [0.25, 0.3) is 0 Å². The number of hydrogen-bond donors (Lipinski definition) is 0. The van der Waals surface area contributed by atoms with E-state index in [4.69, 9.17) is 0 Å². The van der Waals surface area contributed by atoms with E-state index in [9.17, 15) is 13.2 Å². The van der Waals surface area contributed by atoms with Gasteiger partial charge in [0.15, 0.2) is 5.78 Å². The third-order valence-electron chi connectivity index (χ3n) is 1.84. The van der Waals surface area contributed by atoms with Crippen LogP contribution in [-0.4, -0.2) is 37.3 Å². The van der Waals surface area contributed by atoms with Crippen LogP contribution in [0.15, 0.2) is 12.2 Å². The highest BCUT2D eigenvalue weighted by atomic mass is 32.2. The summed E-state index contributed by atoms with van der Waals surface area (Å²) in [6, 6.07) is -0.126. The first-order chi connectivity index (χ1) is 6.31. The van der Waals surface area contributed by atoms with Crippen molar-refractivity contribution in [1.82, 2.24) is 4.31 Å². The number of rotatable bonds is 5. The van der Waals surface area contributed by atoms with Gasteiger partial charge in [-0.15, -0.1) is 0 Å². The summed E-state index contributed by atoms with van der Waals surface area (Å²) in [6.07, 6.45) is 2.80. The fourth-order valence-electron chi connectivity index (χ4n) is 0.837. The maximum atomic E-state index is 11.5. The first-order valence-electron chi connectivity index (χ1n) is 4.42. The maximum Gasteiger partial charge on any atom is 0.221 e. The van der Waals surface area contributed by atoms with Gasteiger partial charge < -0.3 is 0 Å². The predicted octanol–water partition coefficient (Wildman–Crippen LogP) is 0.802. The summed E-state index contributed by atoms with van der Waals surface area (Å²) in [4.78, 5) is 11.1. The molecule has 0 fully saturated rings. The zero-order valence-corrected chi connectivity index (χ0v) is 9.84. The van der Waals surface area contributed by atoms with E-state index in [-0.39, 0.29) is 11.8 Å². The molecule has 0 atom stereocenters. The zero-order valence-electron chi connectivity index (χ0n) is 9.02. The van der Waals surface area contributed by atoms with Crippen LogP contribution >= 0.6 is 0 Å². The van der Waals surface area contributed by atoms with Gasteiger partial charge in [-0.1, -0.05) is 6.08 Å². The number of sulfonamides is 1. The molecule has 0 unspecified atom stereocenters. The molecular formula is C9H17NO3S. The lowest BCUT2D eigenvalue weighted by Gasteiger charge is -2.19. The van der Waals surface area contributed by atoms with Crippen LogP contribution in [-0.2, 0) is 14.8 Å². The highest BCUT2D eigenvalue weighted by molar-refractivity contribution is 7.89. The van der Waals surface area contributed by atoms with Crippen molar-refractivity contribution >= 4 is 15.8 Å². The van der Waals surface area contributed by atoms with Gasteiger partial charge >= 0.3 is 0 Å². The number of ketones is 1. The van der Waals surface area contributed by atoms with E-state index >= 15 is 0 Å². The smallest absolute Gasteiger partial charge is 0.221 e. The fraction of sp³-hybridized carbons (Fsp3) is 0.667. The molecule has 0 aromatic carbocycles. The molecule has 0 spiro atoms. The second-order valence-corrected chi connectivity index (χ2v) is 5.36. The van der Waals surface area contributed by atoms with E-state index in [0.717, 1.165) is 0 Å². The average Bonchev–Trinajstić information content (AvgIpc) is 2.02. The molecule has 0 bridgehead atoms. The van der Waals surface area contributed by atoms with Crippen molar-refractivity contribution in [3.63, 3.8) is 0 Å². The van der Waals surface area contributed by atoms with Crippen LogP contribution < -0.4 is 0 Å². The predicted molar refractivity (Wildman–Crippen MR) is 56.5 cm³/mol. The summed E-state index contributed by atoms with van der Waals surface area (Å²) in [7, 11) is -1.97. The summed E-state index contributed by atoms with van der Waals surface area (Å²) in [6.45, 7) is 5.20. The fourth-order valence-corrected chi connectivity index (χ4v) is 2.14. The van der Waals surface area contributed by atoms with Crippen molar-refractivity contribution in [2.45, 2.75) is 26.8 Å². The minimum absolute atomic E-state index is 0.126. The SMILES string of the molecule is CC=CC(=O)CS(=O)(=O)N(C)C(C)C. The van der Waals surface area contributed by atoms with Crippen LogP contribution in [0.1, 0.15) is 20.8 Å². The molecule has 14 heavy (non-hydrogen) atoms. The zero-order chi connectivity index (χ0) is 11.4. The van der Waals surface area contributed by atoms with Crippen LogP contribution in [0.5, 0.6) is 0 Å². The summed E-state index contributed by atoms with van der Waals surface area (Å²) in [5.74, 6) is -0.841. The van der Waals surface area contributed by atoms with Crippen LogP contribution in [0, 0.1) is 0 Å². The van der Waals surface area contributed by atoms with Crippen molar-refractivity contribution in [1.29, 1.82) is 0 Å². The molecule has 0 saturated carbocycles. The van der Waals surface area contributed by atoms with Crippen LogP contribution in [0.4, 0.5) is 0 Å². The van der Waals surface area contributed by atoms with E-state index in [1.165, 1.54) is 23.5 Å². The number of carbonyl (C=O) groups excluding carboxylic acids is 1. The summed E-state index contributed by atoms with van der Waals surface area (Å²) < 4.78 is 24.3. The Labute approximate surface area is 85.7 Å². The molecule has 0 radical (unpaired) electrons. The molecule has 0 N–H and O–H groups in total. The lowest BCUT2D eigenvalue weighted by atomic mass is 10.4. The quantitative estimate of drug-likeness (QED) is 0.643. The molecule has 0 amide bonds. The molecule has 0 aromatic rings. The van der Waals surface area contributed by atoms with Crippen LogP contribution in [0.3, 0.4) is 0 Å². The Balaban J connectivity index is 4.58. The van der Waals surface area contributed by atoms with Gasteiger partial charge in [0.2, 0.25) is 10.0 Å². The van der Waals surface area contributed by atoms with E-state index < -0.39 is 15.8 Å². The van der Waals surface area contributed by atoms with Crippen molar-refractivity contribution < 1.29 is 13.2 Å². The van der Waals surface area contributed by atoms with E-state index in [2.05, 4.69) is 0 Å². The van der Waals surface area contributed by atoms with Crippen molar-refractivity contribution in [3.05, 3.63) is 12.2 Å². The summed E-state index contributed by atoms with van der Waals surface area (Å²) in [5.41, 5.74) is 0. The first-order valence-corrected chi connectivity index (χ1v) is 6.03. The third kappa shape index (κ3) is 4.02. The Bertz CT molecular complexity index is 317. The van der Waals surface area contributed by atoms with Gasteiger partial charge in [0.05, 0.1) is 0 Å². The molecule has 0 aliphatic carbocycles. The number of carbonyl (C=O) groups is 1. The van der Waals surface area contributed by atoms with Gasteiger partial charge in [-0.25, -0.2) is 12.7 Å². The molecule has 0 saturated heterocycles. The molecule has 5 heteroatoms. The van der Waals surface area contributed by atoms with Gasteiger partial charge in [-0.2, -0.15) is 0 Å². The molecule has 0 aliphatic rings. The molecular weight excluding hydrogens is 202 g/mol. The monoisotopic (exact) mass is 219 g/mol. The largest absolute Gasteiger partial charge is 0.294 e. The van der Waals surface area contributed by atoms with Gasteiger partial charge in [0.1, 0.15) is 5.75 Å². The number of nitrogens with zero attached hydrogens (tertiary/aromatic N) is 1. The molecule has 4 nitrogen and oxygen atoms in total. The minimum atomic E-state index is -3.45. The molecule has 0 rings (SSSR count). The standard InChI is InChI=1S/C9H17NO3S/c1-5-6-9(11)7-14(12,13)10(4)8(2)3/h5-6,8H,7H2,1-4H3. The second-order valence-electron chi connectivity index (χ2n) is 3.33. The van der Waals surface area contributed by atoms with Crippen LogP contribution in [0.2, 0.25) is 0 Å². The average molecular weight is 219 g/mol. The molecule has 82 valence electrons. The Morgan fingerprint density at radius 2 is 1.93 bits per heavy atom. The lowest BCUT2D eigenvalue weighted by Crippen LogP contribution is -2.36. The molecule has 0 heterocycles. The second kappa shape index (κ2) is 5.26. The van der Waals surface area contributed by atoms with E-state index in [0.29, 0.717) is 0 Å². The third-order valence-corrected chi connectivity index (χ3v) is 3.79. The molecule has 0 aliphatic heterocycles. The summed E-state index contributed by atoms with van der Waals surface area (Å²) >= 11 is 0. The topological polar surface area (TPSA) is 54.5 Å². The molecule has 0 aromatic heterocycles. The highest BCUT2D eigenvalue weighted by Gasteiger charge is 2.22. The van der Waals surface area contributed by atoms with Gasteiger partial charge in [0, 0.05) is 13.1 Å². The van der Waals surface area contributed by atoms with Crippen molar-refractivity contribution in [2.24, 2.45) is 0 Å². The first kappa shape index (κ1) is 13.3. The van der Waals surface area contributed by atoms with Crippen LogP contribution in [0.25, 0.3) is 0 Å². The van der Waals surface area contributed by atoms with E-state index in [1.807, 2.05) is 0 Å². The van der Waals surface area contributed by atoms with Gasteiger partial charge in [-0.05, 0) is 26.8 Å². The number of allylic oxidation sites excluding steroid dienone is 2. The Kier molecular flexibility index (Phi) is 5.01. The minimum Gasteiger partial charge on any atom is -0.294 e. The summed E-state index contributed by atoms with van der Waals surface area (Å²) in [5, 5.41) is 0. The normalized spacial score (nSPS) is 13.0. The Morgan fingerprint density at radius 3 is 2.29 bits per heavy atom.